The van der Waals surface area contributed by atoms with Gasteiger partial charge in [0, 0.05) is 12.6 Å². The second kappa shape index (κ2) is 6.53. The van der Waals surface area contributed by atoms with Gasteiger partial charge in [0.15, 0.2) is 0 Å². The number of nitrogens with one attached hydrogen (secondary N) is 1. The molecule has 1 aromatic carbocycles. The van der Waals surface area contributed by atoms with Crippen LogP contribution in [0.25, 0.3) is 0 Å². The van der Waals surface area contributed by atoms with Gasteiger partial charge in [0.2, 0.25) is 0 Å². The minimum atomic E-state index is 0.539. The molecule has 3 rings (SSSR count). The zero-order valence-corrected chi connectivity index (χ0v) is 11.7. The molecular formula is C17H25NO. The molecule has 19 heavy (non-hydrogen) atoms. The van der Waals surface area contributed by atoms with Gasteiger partial charge in [-0.25, -0.2) is 0 Å². The molecule has 1 N–H and O–H groups in total. The Bertz CT molecular complexity index is 398. The van der Waals surface area contributed by atoms with Crippen LogP contribution in [0.4, 0.5) is 0 Å². The van der Waals surface area contributed by atoms with E-state index in [9.17, 15) is 0 Å². The Balaban J connectivity index is 1.45. The molecule has 0 radical (unpaired) electrons. The SMILES string of the molecule is c1ccc2c(c1)CCCC2NCCOC1CCCC1. The molecule has 2 aliphatic rings. The van der Waals surface area contributed by atoms with E-state index in [1.165, 1.54) is 56.1 Å². The Hall–Kier alpha value is -0.860. The molecule has 0 amide bonds. The fraction of sp³-hybridized carbons (Fsp3) is 0.647. The predicted molar refractivity (Wildman–Crippen MR) is 78.3 cm³/mol. The van der Waals surface area contributed by atoms with Crippen LogP contribution in [0.3, 0.4) is 0 Å². The average Bonchev–Trinajstić information content (AvgIpc) is 2.97. The molecule has 1 aromatic rings. The first-order chi connectivity index (χ1) is 9.43. The quantitative estimate of drug-likeness (QED) is 0.816. The standard InChI is InChI=1S/C17H25NO/c1-4-10-16-14(6-1)7-5-11-17(16)18-12-13-19-15-8-2-3-9-15/h1,4,6,10,15,17-18H,2-3,5,7-9,11-13H2. The first kappa shape index (κ1) is 13.1. The molecule has 2 aliphatic carbocycles. The maximum atomic E-state index is 5.92. The van der Waals surface area contributed by atoms with Gasteiger partial charge in [0.1, 0.15) is 0 Å². The van der Waals surface area contributed by atoms with Gasteiger partial charge in [-0.15, -0.1) is 0 Å². The maximum Gasteiger partial charge on any atom is 0.0594 e. The van der Waals surface area contributed by atoms with Gasteiger partial charge in [-0.05, 0) is 43.2 Å². The van der Waals surface area contributed by atoms with Crippen LogP contribution in [0.15, 0.2) is 24.3 Å². The monoisotopic (exact) mass is 259 g/mol. The number of rotatable bonds is 5. The van der Waals surface area contributed by atoms with Crippen LogP contribution < -0.4 is 5.32 Å². The second-order valence-electron chi connectivity index (χ2n) is 5.88. The first-order valence-corrected chi connectivity index (χ1v) is 7.86. The minimum Gasteiger partial charge on any atom is -0.377 e. The number of ether oxygens (including phenoxy) is 1. The Morgan fingerprint density at radius 1 is 1.05 bits per heavy atom. The van der Waals surface area contributed by atoms with Gasteiger partial charge in [0.05, 0.1) is 12.7 Å². The Labute approximate surface area is 116 Å². The molecule has 0 aliphatic heterocycles. The lowest BCUT2D eigenvalue weighted by Gasteiger charge is -2.26. The van der Waals surface area contributed by atoms with Crippen molar-refractivity contribution in [3.05, 3.63) is 35.4 Å². The van der Waals surface area contributed by atoms with Gasteiger partial charge in [-0.1, -0.05) is 37.1 Å². The Morgan fingerprint density at radius 2 is 1.89 bits per heavy atom. The molecule has 0 saturated heterocycles. The summed E-state index contributed by atoms with van der Waals surface area (Å²) in [6, 6.07) is 9.41. The molecule has 0 bridgehead atoms. The van der Waals surface area contributed by atoms with Crippen LogP contribution in [0.1, 0.15) is 55.7 Å². The van der Waals surface area contributed by atoms with Crippen molar-refractivity contribution >= 4 is 0 Å². The van der Waals surface area contributed by atoms with Gasteiger partial charge in [-0.3, -0.25) is 0 Å². The average molecular weight is 259 g/mol. The summed E-state index contributed by atoms with van der Waals surface area (Å²) in [5.74, 6) is 0. The number of fused-ring (bicyclic) bond motifs is 1. The van der Waals surface area contributed by atoms with Crippen LogP contribution >= 0.6 is 0 Å². The molecule has 0 spiro atoms. The molecule has 2 nitrogen and oxygen atoms in total. The molecule has 1 unspecified atom stereocenters. The molecule has 0 aromatic heterocycles. The van der Waals surface area contributed by atoms with Crippen LogP contribution in [-0.4, -0.2) is 19.3 Å². The smallest absolute Gasteiger partial charge is 0.0594 e. The molecule has 2 heteroatoms. The van der Waals surface area contributed by atoms with Crippen LogP contribution in [0.2, 0.25) is 0 Å². The largest absolute Gasteiger partial charge is 0.377 e. The van der Waals surface area contributed by atoms with Gasteiger partial charge < -0.3 is 10.1 Å². The van der Waals surface area contributed by atoms with Crippen molar-refractivity contribution in [2.45, 2.75) is 57.1 Å². The molecule has 1 fully saturated rings. The Morgan fingerprint density at radius 3 is 2.79 bits per heavy atom. The van der Waals surface area contributed by atoms with Crippen molar-refractivity contribution in [1.82, 2.24) is 5.32 Å². The molecule has 0 heterocycles. The number of hydrogen-bond donors (Lipinski definition) is 1. The van der Waals surface area contributed by atoms with E-state index in [2.05, 4.69) is 29.6 Å². The fourth-order valence-electron chi connectivity index (χ4n) is 3.48. The zero-order chi connectivity index (χ0) is 12.9. The van der Waals surface area contributed by atoms with Crippen molar-refractivity contribution in [2.75, 3.05) is 13.2 Å². The molecule has 104 valence electrons. The van der Waals surface area contributed by atoms with E-state index in [0.29, 0.717) is 12.1 Å². The van der Waals surface area contributed by atoms with E-state index < -0.39 is 0 Å². The summed E-state index contributed by atoms with van der Waals surface area (Å²) in [5, 5.41) is 3.68. The number of benzene rings is 1. The van der Waals surface area contributed by atoms with Crippen molar-refractivity contribution in [3.63, 3.8) is 0 Å². The third kappa shape index (κ3) is 3.37. The van der Waals surface area contributed by atoms with Crippen LogP contribution in [0, 0.1) is 0 Å². The topological polar surface area (TPSA) is 21.3 Å². The highest BCUT2D eigenvalue weighted by Gasteiger charge is 2.19. The molecule has 1 saturated carbocycles. The van der Waals surface area contributed by atoms with E-state index in [1.807, 2.05) is 0 Å². The van der Waals surface area contributed by atoms with E-state index in [-0.39, 0.29) is 0 Å². The lowest BCUT2D eigenvalue weighted by atomic mass is 9.88. The highest BCUT2D eigenvalue weighted by atomic mass is 16.5. The minimum absolute atomic E-state index is 0.539. The normalized spacial score (nSPS) is 23.5. The van der Waals surface area contributed by atoms with E-state index in [1.54, 1.807) is 0 Å². The maximum absolute atomic E-state index is 5.92. The third-order valence-corrected chi connectivity index (χ3v) is 4.52. The number of aryl methyl sites for hydroxylation is 1. The second-order valence-corrected chi connectivity index (χ2v) is 5.88. The molecule has 1 atom stereocenters. The van der Waals surface area contributed by atoms with Gasteiger partial charge in [0.25, 0.3) is 0 Å². The summed E-state index contributed by atoms with van der Waals surface area (Å²) < 4.78 is 5.92. The summed E-state index contributed by atoms with van der Waals surface area (Å²) in [7, 11) is 0. The van der Waals surface area contributed by atoms with Crippen molar-refractivity contribution in [1.29, 1.82) is 0 Å². The lowest BCUT2D eigenvalue weighted by molar-refractivity contribution is 0.0588. The lowest BCUT2D eigenvalue weighted by Crippen LogP contribution is -2.29. The van der Waals surface area contributed by atoms with Crippen molar-refractivity contribution < 1.29 is 4.74 Å². The van der Waals surface area contributed by atoms with Crippen LogP contribution in [0.5, 0.6) is 0 Å². The highest BCUT2D eigenvalue weighted by Crippen LogP contribution is 2.29. The summed E-state index contributed by atoms with van der Waals surface area (Å²) in [5.41, 5.74) is 3.04. The number of hydrogen-bond acceptors (Lipinski definition) is 2. The summed E-state index contributed by atoms with van der Waals surface area (Å²) in [4.78, 5) is 0. The Kier molecular flexibility index (Phi) is 4.52. The van der Waals surface area contributed by atoms with E-state index >= 15 is 0 Å². The van der Waals surface area contributed by atoms with Crippen LogP contribution in [-0.2, 0) is 11.2 Å². The zero-order valence-electron chi connectivity index (χ0n) is 11.7. The van der Waals surface area contributed by atoms with Gasteiger partial charge in [-0.2, -0.15) is 0 Å². The molecular weight excluding hydrogens is 234 g/mol. The predicted octanol–water partition coefficient (Wildman–Crippen LogP) is 3.61. The van der Waals surface area contributed by atoms with E-state index in [4.69, 9.17) is 4.74 Å². The third-order valence-electron chi connectivity index (χ3n) is 4.52. The first-order valence-electron chi connectivity index (χ1n) is 7.86. The summed E-state index contributed by atoms with van der Waals surface area (Å²) in [6.45, 7) is 1.85. The highest BCUT2D eigenvalue weighted by molar-refractivity contribution is 5.32. The van der Waals surface area contributed by atoms with Gasteiger partial charge >= 0.3 is 0 Å². The summed E-state index contributed by atoms with van der Waals surface area (Å²) in [6.07, 6.45) is 9.60. The van der Waals surface area contributed by atoms with Crippen molar-refractivity contribution in [3.8, 4) is 0 Å². The van der Waals surface area contributed by atoms with E-state index in [0.717, 1.165) is 13.2 Å². The van der Waals surface area contributed by atoms with Crippen molar-refractivity contribution in [2.24, 2.45) is 0 Å². The fourth-order valence-corrected chi connectivity index (χ4v) is 3.48. The summed E-state index contributed by atoms with van der Waals surface area (Å²) >= 11 is 0.